The van der Waals surface area contributed by atoms with Crippen LogP contribution in [0.5, 0.6) is 0 Å². The molecule has 0 radical (unpaired) electrons. The van der Waals surface area contributed by atoms with E-state index in [4.69, 9.17) is 9.47 Å². The topological polar surface area (TPSA) is 114 Å². The minimum Gasteiger partial charge on any atom is -0.466 e. The second-order valence-corrected chi connectivity index (χ2v) is 9.74. The van der Waals surface area contributed by atoms with Gasteiger partial charge in [-0.25, -0.2) is 0 Å². The number of fused-ring (bicyclic) bond motifs is 1. The molecule has 1 aromatic rings. The average molecular weight is 500 g/mol. The SMILES string of the molecule is CCOC(=O)CC1(CC(=O)OCC)C(=O)N(CC(C)C)c2ccc(N/N=C3\CCCCCC3=O)cc21. The van der Waals surface area contributed by atoms with Crippen molar-refractivity contribution < 1.29 is 28.7 Å². The number of nitrogens with zero attached hydrogens (tertiary/aromatic N) is 2. The van der Waals surface area contributed by atoms with Gasteiger partial charge in [0.15, 0.2) is 5.78 Å². The number of hydrogen-bond donors (Lipinski definition) is 1. The van der Waals surface area contributed by atoms with Crippen molar-refractivity contribution in [2.75, 3.05) is 30.1 Å². The fraction of sp³-hybridized carbons (Fsp3) is 0.593. The molecule has 2 aliphatic rings. The van der Waals surface area contributed by atoms with Crippen molar-refractivity contribution >= 4 is 40.7 Å². The maximum Gasteiger partial charge on any atom is 0.307 e. The van der Waals surface area contributed by atoms with Crippen molar-refractivity contribution in [1.29, 1.82) is 0 Å². The number of Topliss-reactive ketones (excluding diaryl/α,β-unsaturated/α-hetero) is 1. The highest BCUT2D eigenvalue weighted by Gasteiger charge is 2.54. The number of esters is 2. The number of ketones is 1. The van der Waals surface area contributed by atoms with E-state index in [-0.39, 0.29) is 43.7 Å². The van der Waals surface area contributed by atoms with Gasteiger partial charge in [-0.3, -0.25) is 24.6 Å². The van der Waals surface area contributed by atoms with E-state index in [0.717, 1.165) is 19.3 Å². The van der Waals surface area contributed by atoms with Crippen molar-refractivity contribution in [3.05, 3.63) is 23.8 Å². The largest absolute Gasteiger partial charge is 0.466 e. The Hall–Kier alpha value is -3.23. The summed E-state index contributed by atoms with van der Waals surface area (Å²) in [5, 5.41) is 4.37. The second kappa shape index (κ2) is 12.1. The molecule has 1 aliphatic carbocycles. The molecule has 1 amide bonds. The third-order valence-electron chi connectivity index (χ3n) is 6.47. The molecule has 36 heavy (non-hydrogen) atoms. The monoisotopic (exact) mass is 499 g/mol. The molecule has 0 bridgehead atoms. The van der Waals surface area contributed by atoms with Gasteiger partial charge in [-0.15, -0.1) is 0 Å². The van der Waals surface area contributed by atoms with Crippen LogP contribution in [-0.4, -0.2) is 49.1 Å². The fourth-order valence-corrected chi connectivity index (χ4v) is 4.86. The minimum atomic E-state index is -1.45. The fourth-order valence-electron chi connectivity index (χ4n) is 4.86. The Morgan fingerprint density at radius 1 is 1.03 bits per heavy atom. The zero-order valence-corrected chi connectivity index (χ0v) is 21.7. The number of amides is 1. The lowest BCUT2D eigenvalue weighted by Crippen LogP contribution is -2.45. The van der Waals surface area contributed by atoms with E-state index in [1.807, 2.05) is 13.8 Å². The number of rotatable bonds is 10. The van der Waals surface area contributed by atoms with Crippen LogP contribution in [-0.2, 0) is 34.1 Å². The number of carbonyl (C=O) groups excluding carboxylic acids is 4. The van der Waals surface area contributed by atoms with Crippen molar-refractivity contribution in [3.8, 4) is 0 Å². The number of carbonyl (C=O) groups is 4. The molecule has 1 fully saturated rings. The number of anilines is 2. The molecule has 1 saturated carbocycles. The molecular weight excluding hydrogens is 462 g/mol. The predicted molar refractivity (Wildman–Crippen MR) is 137 cm³/mol. The summed E-state index contributed by atoms with van der Waals surface area (Å²) >= 11 is 0. The van der Waals surface area contributed by atoms with Gasteiger partial charge in [-0.1, -0.05) is 20.3 Å². The lowest BCUT2D eigenvalue weighted by atomic mass is 9.75. The van der Waals surface area contributed by atoms with E-state index in [1.54, 1.807) is 36.9 Å². The Morgan fingerprint density at radius 2 is 1.67 bits per heavy atom. The first kappa shape index (κ1) is 27.4. The summed E-state index contributed by atoms with van der Waals surface area (Å²) in [5.41, 5.74) is 3.79. The molecule has 3 rings (SSSR count). The summed E-state index contributed by atoms with van der Waals surface area (Å²) in [7, 11) is 0. The molecule has 196 valence electrons. The van der Waals surface area contributed by atoms with Crippen LogP contribution in [0.15, 0.2) is 23.3 Å². The molecule has 1 N–H and O–H groups in total. The molecular formula is C27H37N3O6. The van der Waals surface area contributed by atoms with Gasteiger partial charge < -0.3 is 14.4 Å². The molecule has 9 heteroatoms. The lowest BCUT2D eigenvalue weighted by Gasteiger charge is -2.27. The van der Waals surface area contributed by atoms with Gasteiger partial charge in [-0.05, 0) is 62.8 Å². The van der Waals surface area contributed by atoms with Crippen LogP contribution in [0.4, 0.5) is 11.4 Å². The Balaban J connectivity index is 2.06. The Kier molecular flexibility index (Phi) is 9.23. The van der Waals surface area contributed by atoms with E-state index in [0.29, 0.717) is 42.0 Å². The smallest absolute Gasteiger partial charge is 0.307 e. The van der Waals surface area contributed by atoms with Crippen LogP contribution in [0, 0.1) is 5.92 Å². The zero-order chi connectivity index (χ0) is 26.3. The van der Waals surface area contributed by atoms with E-state index in [1.165, 1.54) is 0 Å². The minimum absolute atomic E-state index is 0.0402. The highest BCUT2D eigenvalue weighted by atomic mass is 16.5. The van der Waals surface area contributed by atoms with Crippen LogP contribution in [0.3, 0.4) is 0 Å². The summed E-state index contributed by atoms with van der Waals surface area (Å²) in [6, 6.07) is 5.33. The third-order valence-corrected chi connectivity index (χ3v) is 6.47. The standard InChI is InChI=1S/C27H37N3O6/c1-5-35-24(32)15-27(16-25(33)36-6-2)20-14-19(28-29-21-10-8-7-9-11-23(21)31)12-13-22(20)30(26(27)34)17-18(3)4/h12-14,18,28H,5-11,15-17H2,1-4H3/b29-21+. The highest BCUT2D eigenvalue weighted by molar-refractivity contribution is 6.40. The Bertz CT molecular complexity index is 1010. The van der Waals surface area contributed by atoms with Crippen LogP contribution in [0.2, 0.25) is 0 Å². The maximum atomic E-state index is 13.9. The van der Waals surface area contributed by atoms with Gasteiger partial charge in [0.25, 0.3) is 0 Å². The van der Waals surface area contributed by atoms with Crippen molar-refractivity contribution in [2.45, 2.75) is 78.1 Å². The van der Waals surface area contributed by atoms with Gasteiger partial charge in [0, 0.05) is 18.7 Å². The summed E-state index contributed by atoms with van der Waals surface area (Å²) in [4.78, 5) is 53.3. The molecule has 0 unspecified atom stereocenters. The molecule has 9 nitrogen and oxygen atoms in total. The van der Waals surface area contributed by atoms with Crippen LogP contribution in [0.25, 0.3) is 0 Å². The van der Waals surface area contributed by atoms with Gasteiger partial charge in [0.1, 0.15) is 5.71 Å². The first-order chi connectivity index (χ1) is 17.2. The first-order valence-corrected chi connectivity index (χ1v) is 12.8. The number of nitrogens with one attached hydrogen (secondary N) is 1. The normalized spacial score (nSPS) is 18.2. The summed E-state index contributed by atoms with van der Waals surface area (Å²) in [6.07, 6.45) is 3.33. The van der Waals surface area contributed by atoms with E-state index in [9.17, 15) is 19.2 Å². The van der Waals surface area contributed by atoms with E-state index in [2.05, 4.69) is 10.5 Å². The molecule has 0 aromatic heterocycles. The third kappa shape index (κ3) is 6.12. The molecule has 0 spiro atoms. The van der Waals surface area contributed by atoms with Crippen molar-refractivity contribution in [1.82, 2.24) is 0 Å². The lowest BCUT2D eigenvalue weighted by molar-refractivity contribution is -0.151. The van der Waals surface area contributed by atoms with Gasteiger partial charge in [0.05, 0.1) is 37.2 Å². The number of hydrogen-bond acceptors (Lipinski definition) is 8. The number of hydrazone groups is 1. The predicted octanol–water partition coefficient (Wildman–Crippen LogP) is 4.13. The van der Waals surface area contributed by atoms with Crippen molar-refractivity contribution in [2.24, 2.45) is 11.0 Å². The Labute approximate surface area is 212 Å². The quantitative estimate of drug-likeness (QED) is 0.292. The molecule has 0 saturated heterocycles. The number of ether oxygens (including phenoxy) is 2. The van der Waals surface area contributed by atoms with E-state index < -0.39 is 17.4 Å². The number of benzene rings is 1. The molecule has 0 atom stereocenters. The first-order valence-electron chi connectivity index (χ1n) is 12.8. The average Bonchev–Trinajstić information content (AvgIpc) is 2.94. The summed E-state index contributed by atoms with van der Waals surface area (Å²) < 4.78 is 10.4. The van der Waals surface area contributed by atoms with Crippen LogP contribution < -0.4 is 10.3 Å². The highest BCUT2D eigenvalue weighted by Crippen LogP contribution is 2.48. The summed E-state index contributed by atoms with van der Waals surface area (Å²) in [5.74, 6) is -1.24. The Morgan fingerprint density at radius 3 is 2.28 bits per heavy atom. The summed E-state index contributed by atoms with van der Waals surface area (Å²) in [6.45, 7) is 8.15. The maximum absolute atomic E-state index is 13.9. The molecule has 1 heterocycles. The van der Waals surface area contributed by atoms with Gasteiger partial charge in [-0.2, -0.15) is 5.10 Å². The molecule has 1 aromatic carbocycles. The van der Waals surface area contributed by atoms with Crippen LogP contribution in [0.1, 0.15) is 78.2 Å². The van der Waals surface area contributed by atoms with Crippen molar-refractivity contribution in [3.63, 3.8) is 0 Å². The molecule has 1 aliphatic heterocycles. The van der Waals surface area contributed by atoms with Gasteiger partial charge >= 0.3 is 11.9 Å². The van der Waals surface area contributed by atoms with Gasteiger partial charge in [0.2, 0.25) is 5.91 Å². The van der Waals surface area contributed by atoms with E-state index >= 15 is 0 Å². The van der Waals surface area contributed by atoms with Crippen LogP contribution >= 0.6 is 0 Å². The zero-order valence-electron chi connectivity index (χ0n) is 21.7. The second-order valence-electron chi connectivity index (χ2n) is 9.74.